The number of carboxylic acid groups (broad SMARTS) is 1. The van der Waals surface area contributed by atoms with Crippen LogP contribution < -0.4 is 9.64 Å². The molecule has 0 saturated carbocycles. The van der Waals surface area contributed by atoms with Gasteiger partial charge < -0.3 is 24.4 Å². The highest BCUT2D eigenvalue weighted by molar-refractivity contribution is 6.01. The SMILES string of the molecule is COc1ccc(C)cc1N1CC(C(=O)N2CC(OC)CC2CC(=O)O)CC1=O. The smallest absolute Gasteiger partial charge is 0.305 e. The maximum absolute atomic E-state index is 13.1. The minimum absolute atomic E-state index is 0.101. The van der Waals surface area contributed by atoms with Crippen LogP contribution in [0, 0.1) is 12.8 Å². The number of aliphatic carboxylic acids is 1. The molecular weight excluding hydrogens is 364 g/mol. The topological polar surface area (TPSA) is 96.4 Å². The predicted octanol–water partition coefficient (Wildman–Crippen LogP) is 1.45. The summed E-state index contributed by atoms with van der Waals surface area (Å²) in [5.74, 6) is -1.21. The number of ether oxygens (including phenoxy) is 2. The van der Waals surface area contributed by atoms with Crippen molar-refractivity contribution in [2.75, 3.05) is 32.2 Å². The van der Waals surface area contributed by atoms with Gasteiger partial charge in [0.15, 0.2) is 0 Å². The van der Waals surface area contributed by atoms with Crippen LogP contribution in [0.1, 0.15) is 24.8 Å². The monoisotopic (exact) mass is 390 g/mol. The van der Waals surface area contributed by atoms with E-state index in [1.807, 2.05) is 19.1 Å². The molecule has 1 aromatic rings. The molecule has 2 aliphatic heterocycles. The first kappa shape index (κ1) is 20.1. The summed E-state index contributed by atoms with van der Waals surface area (Å²) in [5, 5.41) is 9.16. The fourth-order valence-electron chi connectivity index (χ4n) is 4.06. The van der Waals surface area contributed by atoms with Gasteiger partial charge in [0.1, 0.15) is 5.75 Å². The normalized spacial score (nSPS) is 24.7. The first-order valence-electron chi connectivity index (χ1n) is 9.34. The average Bonchev–Trinajstić information content (AvgIpc) is 3.24. The van der Waals surface area contributed by atoms with E-state index in [-0.39, 0.29) is 37.3 Å². The lowest BCUT2D eigenvalue weighted by atomic mass is 10.1. The van der Waals surface area contributed by atoms with E-state index in [9.17, 15) is 14.4 Å². The highest BCUT2D eigenvalue weighted by atomic mass is 16.5. The number of anilines is 1. The molecule has 3 unspecified atom stereocenters. The van der Waals surface area contributed by atoms with E-state index in [4.69, 9.17) is 14.6 Å². The highest BCUT2D eigenvalue weighted by Crippen LogP contribution is 2.35. The summed E-state index contributed by atoms with van der Waals surface area (Å²) < 4.78 is 10.7. The van der Waals surface area contributed by atoms with E-state index in [1.54, 1.807) is 30.1 Å². The third-order valence-electron chi connectivity index (χ3n) is 5.50. The van der Waals surface area contributed by atoms with Gasteiger partial charge in [-0.05, 0) is 31.0 Å². The molecule has 2 heterocycles. The fraction of sp³-hybridized carbons (Fsp3) is 0.550. The van der Waals surface area contributed by atoms with Crippen LogP contribution in [0.5, 0.6) is 5.75 Å². The van der Waals surface area contributed by atoms with Gasteiger partial charge in [-0.3, -0.25) is 14.4 Å². The van der Waals surface area contributed by atoms with Crippen molar-refractivity contribution < 1.29 is 29.0 Å². The van der Waals surface area contributed by atoms with Crippen molar-refractivity contribution >= 4 is 23.5 Å². The van der Waals surface area contributed by atoms with E-state index < -0.39 is 17.9 Å². The molecule has 2 amide bonds. The van der Waals surface area contributed by atoms with E-state index in [1.165, 1.54) is 0 Å². The van der Waals surface area contributed by atoms with Crippen molar-refractivity contribution in [3.05, 3.63) is 23.8 Å². The number of likely N-dealkylation sites (tertiary alicyclic amines) is 1. The second-order valence-corrected chi connectivity index (χ2v) is 7.42. The van der Waals surface area contributed by atoms with Crippen LogP contribution in [0.4, 0.5) is 5.69 Å². The van der Waals surface area contributed by atoms with Gasteiger partial charge in [-0.25, -0.2) is 0 Å². The minimum Gasteiger partial charge on any atom is -0.495 e. The molecule has 152 valence electrons. The zero-order valence-electron chi connectivity index (χ0n) is 16.4. The summed E-state index contributed by atoms with van der Waals surface area (Å²) in [4.78, 5) is 40.1. The van der Waals surface area contributed by atoms with Crippen LogP contribution in [-0.2, 0) is 19.1 Å². The lowest BCUT2D eigenvalue weighted by molar-refractivity contribution is -0.141. The number of amides is 2. The summed E-state index contributed by atoms with van der Waals surface area (Å²) in [5.41, 5.74) is 1.64. The first-order chi connectivity index (χ1) is 13.3. The Morgan fingerprint density at radius 2 is 2.00 bits per heavy atom. The number of carboxylic acids is 1. The van der Waals surface area contributed by atoms with Crippen LogP contribution in [0.25, 0.3) is 0 Å². The number of aryl methyl sites for hydroxylation is 1. The molecular formula is C20H26N2O6. The molecule has 2 fully saturated rings. The largest absolute Gasteiger partial charge is 0.495 e. The Bertz CT molecular complexity index is 780. The maximum atomic E-state index is 13.1. The highest BCUT2D eigenvalue weighted by Gasteiger charge is 2.43. The van der Waals surface area contributed by atoms with Gasteiger partial charge >= 0.3 is 5.97 Å². The summed E-state index contributed by atoms with van der Waals surface area (Å²) in [7, 11) is 3.10. The van der Waals surface area contributed by atoms with Crippen molar-refractivity contribution in [3.8, 4) is 5.75 Å². The molecule has 0 spiro atoms. The fourth-order valence-corrected chi connectivity index (χ4v) is 4.06. The van der Waals surface area contributed by atoms with Gasteiger partial charge in [-0.15, -0.1) is 0 Å². The zero-order valence-corrected chi connectivity index (χ0v) is 16.4. The van der Waals surface area contributed by atoms with Crippen LogP contribution in [0.15, 0.2) is 18.2 Å². The molecule has 0 bridgehead atoms. The second kappa shape index (κ2) is 8.18. The Morgan fingerprint density at radius 1 is 1.25 bits per heavy atom. The van der Waals surface area contributed by atoms with E-state index in [0.29, 0.717) is 24.4 Å². The van der Waals surface area contributed by atoms with Gasteiger partial charge in [-0.2, -0.15) is 0 Å². The number of carbonyl (C=O) groups is 3. The average molecular weight is 390 g/mol. The lowest BCUT2D eigenvalue weighted by Crippen LogP contribution is -2.42. The maximum Gasteiger partial charge on any atom is 0.305 e. The summed E-state index contributed by atoms with van der Waals surface area (Å²) in [6, 6.07) is 5.16. The first-order valence-corrected chi connectivity index (χ1v) is 9.34. The van der Waals surface area contributed by atoms with Gasteiger partial charge in [0, 0.05) is 32.7 Å². The third-order valence-corrected chi connectivity index (χ3v) is 5.50. The number of nitrogens with zero attached hydrogens (tertiary/aromatic N) is 2. The van der Waals surface area contributed by atoms with Crippen molar-refractivity contribution in [1.29, 1.82) is 0 Å². The standard InChI is InChI=1S/C20H26N2O6/c1-12-4-5-17(28-3)16(6-12)22-10-13(7-18(22)23)20(26)21-11-15(27-2)8-14(21)9-19(24)25/h4-6,13-15H,7-11H2,1-3H3,(H,24,25). The van der Waals surface area contributed by atoms with Gasteiger partial charge in [-0.1, -0.05) is 6.07 Å². The number of methoxy groups -OCH3 is 2. The minimum atomic E-state index is -0.951. The molecule has 2 saturated heterocycles. The Balaban J connectivity index is 1.78. The molecule has 1 aromatic carbocycles. The molecule has 8 nitrogen and oxygen atoms in total. The summed E-state index contributed by atoms with van der Waals surface area (Å²) >= 11 is 0. The Labute approximate surface area is 164 Å². The van der Waals surface area contributed by atoms with E-state index in [0.717, 1.165) is 5.56 Å². The quantitative estimate of drug-likeness (QED) is 0.790. The van der Waals surface area contributed by atoms with Crippen LogP contribution >= 0.6 is 0 Å². The lowest BCUT2D eigenvalue weighted by Gasteiger charge is -2.26. The van der Waals surface area contributed by atoms with Crippen LogP contribution in [0.2, 0.25) is 0 Å². The van der Waals surface area contributed by atoms with Crippen molar-refractivity contribution in [2.24, 2.45) is 5.92 Å². The van der Waals surface area contributed by atoms with Crippen LogP contribution in [0.3, 0.4) is 0 Å². The molecule has 1 N–H and O–H groups in total. The van der Waals surface area contributed by atoms with Crippen molar-refractivity contribution in [1.82, 2.24) is 4.90 Å². The number of benzene rings is 1. The molecule has 28 heavy (non-hydrogen) atoms. The Hall–Kier alpha value is -2.61. The van der Waals surface area contributed by atoms with Crippen LogP contribution in [-0.4, -0.2) is 67.2 Å². The number of rotatable bonds is 6. The van der Waals surface area contributed by atoms with Gasteiger partial charge in [0.25, 0.3) is 0 Å². The van der Waals surface area contributed by atoms with E-state index >= 15 is 0 Å². The van der Waals surface area contributed by atoms with Gasteiger partial charge in [0.05, 0.1) is 31.2 Å². The Morgan fingerprint density at radius 3 is 2.64 bits per heavy atom. The zero-order chi connectivity index (χ0) is 20.4. The van der Waals surface area contributed by atoms with E-state index in [2.05, 4.69) is 0 Å². The summed E-state index contributed by atoms with van der Waals surface area (Å²) in [6.07, 6.45) is 0.286. The number of hydrogen-bond donors (Lipinski definition) is 1. The number of carbonyl (C=O) groups excluding carboxylic acids is 2. The molecule has 0 aromatic heterocycles. The number of hydrogen-bond acceptors (Lipinski definition) is 5. The molecule has 0 aliphatic carbocycles. The summed E-state index contributed by atoms with van der Waals surface area (Å²) in [6.45, 7) is 2.54. The molecule has 8 heteroatoms. The Kier molecular flexibility index (Phi) is 5.88. The molecule has 2 aliphatic rings. The third kappa shape index (κ3) is 3.96. The van der Waals surface area contributed by atoms with Crippen molar-refractivity contribution in [3.63, 3.8) is 0 Å². The predicted molar refractivity (Wildman–Crippen MR) is 101 cm³/mol. The molecule has 3 rings (SSSR count). The molecule has 3 atom stereocenters. The van der Waals surface area contributed by atoms with Crippen molar-refractivity contribution in [2.45, 2.75) is 38.3 Å². The second-order valence-electron chi connectivity index (χ2n) is 7.42. The molecule has 0 radical (unpaired) electrons. The van der Waals surface area contributed by atoms with Gasteiger partial charge in [0.2, 0.25) is 11.8 Å².